The van der Waals surface area contributed by atoms with Crippen molar-refractivity contribution in [2.45, 2.75) is 18.2 Å². The molecule has 0 saturated carbocycles. The molecule has 0 saturated heterocycles. The number of halogens is 2. The quantitative estimate of drug-likeness (QED) is 0.314. The van der Waals surface area contributed by atoms with Crippen molar-refractivity contribution in [2.24, 2.45) is 4.99 Å². The van der Waals surface area contributed by atoms with E-state index in [2.05, 4.69) is 27.8 Å². The van der Waals surface area contributed by atoms with E-state index in [-0.39, 0.29) is 10.6 Å². The fourth-order valence-corrected chi connectivity index (χ4v) is 4.06. The second kappa shape index (κ2) is 8.90. The van der Waals surface area contributed by atoms with Gasteiger partial charge in [-0.05, 0) is 88.1 Å². The fraction of sp³-hybridized carbons (Fsp3) is 0.0952. The fourth-order valence-electron chi connectivity index (χ4n) is 2.40. The van der Waals surface area contributed by atoms with Gasteiger partial charge < -0.3 is 4.18 Å². The first-order valence-corrected chi connectivity index (χ1v) is 11.1. The van der Waals surface area contributed by atoms with Crippen LogP contribution in [0.4, 0.5) is 5.69 Å². The average molecular weight is 479 g/mol. The molecule has 0 heterocycles. The van der Waals surface area contributed by atoms with Crippen LogP contribution in [-0.4, -0.2) is 14.6 Å². The Kier molecular flexibility index (Phi) is 6.54. The van der Waals surface area contributed by atoms with E-state index < -0.39 is 10.1 Å². The van der Waals surface area contributed by atoms with E-state index in [0.29, 0.717) is 9.50 Å². The first kappa shape index (κ1) is 20.6. The average Bonchev–Trinajstić information content (AvgIpc) is 2.69. The second-order valence-corrected chi connectivity index (χ2v) is 8.80. The molecule has 0 aliphatic carbocycles. The van der Waals surface area contributed by atoms with Crippen LogP contribution in [0.25, 0.3) is 0 Å². The van der Waals surface area contributed by atoms with Gasteiger partial charge in [0.1, 0.15) is 4.90 Å². The number of rotatable bonds is 6. The standard InChI is InChI=1S/C21H17BrClNO3S/c1-2-15-3-8-18(9-4-15)24-14-16-5-12-21(20(22)13-16)27-28(25,26)19-10-6-17(23)7-11-19/h3-14H,2H2,1H3. The van der Waals surface area contributed by atoms with E-state index >= 15 is 0 Å². The normalized spacial score (nSPS) is 11.7. The molecule has 0 aliphatic rings. The summed E-state index contributed by atoms with van der Waals surface area (Å²) in [5.41, 5.74) is 2.91. The smallest absolute Gasteiger partial charge is 0.339 e. The summed E-state index contributed by atoms with van der Waals surface area (Å²) >= 11 is 9.15. The highest BCUT2D eigenvalue weighted by Crippen LogP contribution is 2.29. The van der Waals surface area contributed by atoms with Crippen molar-refractivity contribution in [2.75, 3.05) is 0 Å². The number of hydrogen-bond donors (Lipinski definition) is 0. The number of nitrogens with zero attached hydrogens (tertiary/aromatic N) is 1. The van der Waals surface area contributed by atoms with Crippen molar-refractivity contribution in [3.8, 4) is 5.75 Å². The number of hydrogen-bond acceptors (Lipinski definition) is 4. The molecule has 4 nitrogen and oxygen atoms in total. The lowest BCUT2D eigenvalue weighted by Gasteiger charge is -2.09. The maximum absolute atomic E-state index is 12.4. The Morgan fingerprint density at radius 1 is 1.04 bits per heavy atom. The summed E-state index contributed by atoms with van der Waals surface area (Å²) in [6.45, 7) is 2.10. The van der Waals surface area contributed by atoms with Crippen LogP contribution < -0.4 is 4.18 Å². The van der Waals surface area contributed by atoms with E-state index in [4.69, 9.17) is 15.8 Å². The Bertz CT molecular complexity index is 1100. The molecule has 0 amide bonds. The molecule has 3 aromatic carbocycles. The van der Waals surface area contributed by atoms with Crippen molar-refractivity contribution < 1.29 is 12.6 Å². The highest BCUT2D eigenvalue weighted by atomic mass is 79.9. The Balaban J connectivity index is 1.76. The molecule has 0 aromatic heterocycles. The molecule has 0 unspecified atom stereocenters. The predicted octanol–water partition coefficient (Wildman–Crippen LogP) is 6.18. The van der Waals surface area contributed by atoms with E-state index in [0.717, 1.165) is 17.7 Å². The van der Waals surface area contributed by atoms with Gasteiger partial charge in [-0.1, -0.05) is 30.7 Å². The predicted molar refractivity (Wildman–Crippen MR) is 116 cm³/mol. The molecule has 0 N–H and O–H groups in total. The first-order valence-electron chi connectivity index (χ1n) is 8.50. The molecule has 7 heteroatoms. The molecule has 0 atom stereocenters. The van der Waals surface area contributed by atoms with Crippen LogP contribution in [-0.2, 0) is 16.5 Å². The van der Waals surface area contributed by atoms with Crippen molar-refractivity contribution in [1.82, 2.24) is 0 Å². The molecule has 0 spiro atoms. The maximum Gasteiger partial charge on any atom is 0.339 e. The third-order valence-corrected chi connectivity index (χ3v) is 6.09. The van der Waals surface area contributed by atoms with Crippen LogP contribution in [0.5, 0.6) is 5.75 Å². The monoisotopic (exact) mass is 477 g/mol. The van der Waals surface area contributed by atoms with Crippen LogP contribution in [0.1, 0.15) is 18.1 Å². The largest absolute Gasteiger partial charge is 0.378 e. The minimum absolute atomic E-state index is 0.0324. The molecule has 0 aliphatic heterocycles. The second-order valence-electron chi connectivity index (χ2n) is 5.96. The van der Waals surface area contributed by atoms with Crippen molar-refractivity contribution >= 4 is 49.6 Å². The summed E-state index contributed by atoms with van der Waals surface area (Å²) in [6, 6.07) is 18.9. The van der Waals surface area contributed by atoms with E-state index in [9.17, 15) is 8.42 Å². The highest BCUT2D eigenvalue weighted by molar-refractivity contribution is 9.10. The molecule has 0 fully saturated rings. The third kappa shape index (κ3) is 5.22. The number of aryl methyl sites for hydroxylation is 1. The zero-order chi connectivity index (χ0) is 20.1. The summed E-state index contributed by atoms with van der Waals surface area (Å²) in [5, 5.41) is 0.452. The van der Waals surface area contributed by atoms with E-state index in [1.54, 1.807) is 24.4 Å². The Morgan fingerprint density at radius 3 is 2.32 bits per heavy atom. The maximum atomic E-state index is 12.4. The van der Waals surface area contributed by atoms with Gasteiger partial charge in [-0.3, -0.25) is 4.99 Å². The number of benzene rings is 3. The zero-order valence-electron chi connectivity index (χ0n) is 15.0. The minimum atomic E-state index is -3.95. The lowest BCUT2D eigenvalue weighted by atomic mass is 10.1. The molecule has 3 rings (SSSR count). The lowest BCUT2D eigenvalue weighted by molar-refractivity contribution is 0.484. The van der Waals surface area contributed by atoms with Crippen LogP contribution in [0.3, 0.4) is 0 Å². The van der Waals surface area contributed by atoms with Crippen LogP contribution >= 0.6 is 27.5 Å². The molecule has 0 radical (unpaired) electrons. The molecule has 144 valence electrons. The van der Waals surface area contributed by atoms with Gasteiger partial charge in [-0.2, -0.15) is 8.42 Å². The summed E-state index contributed by atoms with van der Waals surface area (Å²) < 4.78 is 30.6. The van der Waals surface area contributed by atoms with E-state index in [1.165, 1.54) is 29.8 Å². The van der Waals surface area contributed by atoms with Gasteiger partial charge in [0.2, 0.25) is 0 Å². The van der Waals surface area contributed by atoms with E-state index in [1.807, 2.05) is 24.3 Å². The molecule has 3 aromatic rings. The molecule has 0 bridgehead atoms. The van der Waals surface area contributed by atoms with Crippen LogP contribution in [0.15, 0.2) is 81.1 Å². The minimum Gasteiger partial charge on any atom is -0.378 e. The van der Waals surface area contributed by atoms with Gasteiger partial charge >= 0.3 is 10.1 Å². The van der Waals surface area contributed by atoms with Gasteiger partial charge in [-0.25, -0.2) is 0 Å². The Hall–Kier alpha value is -2.15. The molecular formula is C21H17BrClNO3S. The third-order valence-electron chi connectivity index (χ3n) is 3.97. The van der Waals surface area contributed by atoms with Crippen molar-refractivity contribution in [3.05, 3.63) is 87.4 Å². The van der Waals surface area contributed by atoms with Gasteiger partial charge in [0.25, 0.3) is 0 Å². The van der Waals surface area contributed by atoms with Gasteiger partial charge in [0.05, 0.1) is 10.2 Å². The van der Waals surface area contributed by atoms with Gasteiger partial charge in [-0.15, -0.1) is 0 Å². The Morgan fingerprint density at radius 2 is 1.71 bits per heavy atom. The SMILES string of the molecule is CCc1ccc(N=Cc2ccc(OS(=O)(=O)c3ccc(Cl)cc3)c(Br)c2)cc1. The topological polar surface area (TPSA) is 55.7 Å². The van der Waals surface area contributed by atoms with Crippen LogP contribution in [0, 0.1) is 0 Å². The summed E-state index contributed by atoms with van der Waals surface area (Å²) in [5.74, 6) is 0.194. The highest BCUT2D eigenvalue weighted by Gasteiger charge is 2.18. The Labute approximate surface area is 178 Å². The van der Waals surface area contributed by atoms with Gasteiger partial charge in [0, 0.05) is 11.2 Å². The van der Waals surface area contributed by atoms with Gasteiger partial charge in [0.15, 0.2) is 5.75 Å². The first-order chi connectivity index (χ1) is 13.4. The molecule has 28 heavy (non-hydrogen) atoms. The summed E-state index contributed by atoms with van der Waals surface area (Å²) in [4.78, 5) is 4.47. The zero-order valence-corrected chi connectivity index (χ0v) is 18.1. The lowest BCUT2D eigenvalue weighted by Crippen LogP contribution is -2.10. The van der Waals surface area contributed by atoms with Crippen molar-refractivity contribution in [3.63, 3.8) is 0 Å². The molecular weight excluding hydrogens is 462 g/mol. The summed E-state index contributed by atoms with van der Waals surface area (Å²) in [6.07, 6.45) is 2.69. The number of aliphatic imine (C=N–C) groups is 1. The van der Waals surface area contributed by atoms with Crippen LogP contribution in [0.2, 0.25) is 5.02 Å². The van der Waals surface area contributed by atoms with Crippen molar-refractivity contribution in [1.29, 1.82) is 0 Å². The summed E-state index contributed by atoms with van der Waals surface area (Å²) in [7, 11) is -3.95.